The third-order valence-corrected chi connectivity index (χ3v) is 3.55. The minimum atomic E-state index is -0.414. The van der Waals surface area contributed by atoms with Gasteiger partial charge in [0.25, 0.3) is 0 Å². The van der Waals surface area contributed by atoms with Gasteiger partial charge < -0.3 is 10.1 Å². The largest absolute Gasteiger partial charge is 0.496 e. The molecule has 0 aliphatic heterocycles. The quantitative estimate of drug-likeness (QED) is 0.881. The van der Waals surface area contributed by atoms with Crippen LogP contribution < -0.4 is 10.1 Å². The first-order chi connectivity index (χ1) is 9.61. The average molecular weight is 314 g/mol. The molecule has 106 valence electrons. The van der Waals surface area contributed by atoms with Crippen LogP contribution in [-0.2, 0) is 13.1 Å². The fourth-order valence-corrected chi connectivity index (χ4v) is 2.32. The second kappa shape index (κ2) is 6.93. The zero-order chi connectivity index (χ0) is 14.5. The molecule has 2 aromatic rings. The lowest BCUT2D eigenvalue weighted by Gasteiger charge is -2.11. The molecule has 2 rings (SSSR count). The molecule has 0 fully saturated rings. The Hall–Kier alpha value is -1.29. The topological polar surface area (TPSA) is 21.3 Å². The second-order valence-electron chi connectivity index (χ2n) is 4.27. The number of ether oxygens (including phenoxy) is 1. The molecular weight excluding hydrogens is 300 g/mol. The van der Waals surface area contributed by atoms with Crippen LogP contribution in [0.2, 0.25) is 10.0 Å². The molecule has 0 radical (unpaired) electrons. The van der Waals surface area contributed by atoms with Crippen LogP contribution in [0.1, 0.15) is 11.1 Å². The summed E-state index contributed by atoms with van der Waals surface area (Å²) in [5, 5.41) is 4.01. The molecule has 0 unspecified atom stereocenters. The third-order valence-electron chi connectivity index (χ3n) is 2.91. The Labute approximate surface area is 127 Å². The van der Waals surface area contributed by atoms with Gasteiger partial charge in [-0.2, -0.15) is 0 Å². The maximum atomic E-state index is 13.1. The van der Waals surface area contributed by atoms with Crippen molar-refractivity contribution in [2.45, 2.75) is 13.1 Å². The first-order valence-electron chi connectivity index (χ1n) is 6.08. The molecule has 0 spiro atoms. The summed E-state index contributed by atoms with van der Waals surface area (Å²) in [6, 6.07) is 10.2. The molecule has 0 amide bonds. The van der Waals surface area contributed by atoms with Gasteiger partial charge >= 0.3 is 0 Å². The summed E-state index contributed by atoms with van der Waals surface area (Å²) in [5.41, 5.74) is 1.80. The van der Waals surface area contributed by atoms with Gasteiger partial charge in [0.05, 0.1) is 12.1 Å². The van der Waals surface area contributed by atoms with Gasteiger partial charge in [-0.25, -0.2) is 4.39 Å². The molecule has 20 heavy (non-hydrogen) atoms. The molecule has 0 heterocycles. The summed E-state index contributed by atoms with van der Waals surface area (Å²) in [6.45, 7) is 1.12. The van der Waals surface area contributed by atoms with Crippen molar-refractivity contribution in [1.82, 2.24) is 5.32 Å². The Bertz CT molecular complexity index is 604. The van der Waals surface area contributed by atoms with Crippen molar-refractivity contribution in [2.24, 2.45) is 0 Å². The Morgan fingerprint density at radius 3 is 2.60 bits per heavy atom. The predicted octanol–water partition coefficient (Wildman–Crippen LogP) is 4.43. The Morgan fingerprint density at radius 2 is 1.90 bits per heavy atom. The van der Waals surface area contributed by atoms with E-state index in [0.717, 1.165) is 16.9 Å². The Kier molecular flexibility index (Phi) is 5.24. The minimum Gasteiger partial charge on any atom is -0.496 e. The maximum Gasteiger partial charge on any atom is 0.141 e. The smallest absolute Gasteiger partial charge is 0.141 e. The highest BCUT2D eigenvalue weighted by Gasteiger charge is 2.07. The lowest BCUT2D eigenvalue weighted by Crippen LogP contribution is -2.13. The predicted molar refractivity (Wildman–Crippen MR) is 80.0 cm³/mol. The summed E-state index contributed by atoms with van der Waals surface area (Å²) in [6.07, 6.45) is 0. The molecule has 0 saturated heterocycles. The van der Waals surface area contributed by atoms with Crippen molar-refractivity contribution in [1.29, 1.82) is 0 Å². The van der Waals surface area contributed by atoms with Crippen LogP contribution in [0.3, 0.4) is 0 Å². The van der Waals surface area contributed by atoms with Gasteiger partial charge in [0, 0.05) is 23.7 Å². The van der Waals surface area contributed by atoms with E-state index in [9.17, 15) is 4.39 Å². The van der Waals surface area contributed by atoms with Gasteiger partial charge in [0.1, 0.15) is 11.6 Å². The van der Waals surface area contributed by atoms with Crippen LogP contribution in [0, 0.1) is 5.82 Å². The number of methoxy groups -OCH3 is 1. The van der Waals surface area contributed by atoms with Gasteiger partial charge in [-0.15, -0.1) is 0 Å². The van der Waals surface area contributed by atoms with E-state index >= 15 is 0 Å². The van der Waals surface area contributed by atoms with Crippen molar-refractivity contribution < 1.29 is 9.13 Å². The Balaban J connectivity index is 2.01. The minimum absolute atomic E-state index is 0.125. The highest BCUT2D eigenvalue weighted by molar-refractivity contribution is 6.31. The molecule has 0 saturated carbocycles. The fourth-order valence-electron chi connectivity index (χ4n) is 1.88. The van der Waals surface area contributed by atoms with Crippen LogP contribution >= 0.6 is 23.2 Å². The average Bonchev–Trinajstić information content (AvgIpc) is 2.44. The summed E-state index contributed by atoms with van der Waals surface area (Å²) in [4.78, 5) is 0. The summed E-state index contributed by atoms with van der Waals surface area (Å²) >= 11 is 11.9. The van der Waals surface area contributed by atoms with Crippen molar-refractivity contribution in [3.05, 3.63) is 63.4 Å². The number of hydrogen-bond donors (Lipinski definition) is 1. The van der Waals surface area contributed by atoms with Crippen LogP contribution in [0.4, 0.5) is 4.39 Å². The monoisotopic (exact) mass is 313 g/mol. The summed E-state index contributed by atoms with van der Waals surface area (Å²) < 4.78 is 18.3. The highest BCUT2D eigenvalue weighted by Crippen LogP contribution is 2.26. The number of nitrogens with one attached hydrogen (secondary N) is 1. The van der Waals surface area contributed by atoms with E-state index < -0.39 is 5.82 Å². The second-order valence-corrected chi connectivity index (χ2v) is 5.09. The zero-order valence-corrected chi connectivity index (χ0v) is 12.4. The number of hydrogen-bond acceptors (Lipinski definition) is 2. The van der Waals surface area contributed by atoms with Crippen LogP contribution in [0.15, 0.2) is 36.4 Å². The lowest BCUT2D eigenvalue weighted by molar-refractivity contribution is 0.407. The van der Waals surface area contributed by atoms with E-state index in [0.29, 0.717) is 18.1 Å². The van der Waals surface area contributed by atoms with Crippen molar-refractivity contribution >= 4 is 23.2 Å². The van der Waals surface area contributed by atoms with E-state index in [4.69, 9.17) is 27.9 Å². The van der Waals surface area contributed by atoms with Gasteiger partial charge in [0.2, 0.25) is 0 Å². The molecule has 5 heteroatoms. The molecule has 0 atom stereocenters. The van der Waals surface area contributed by atoms with Crippen LogP contribution in [0.25, 0.3) is 0 Å². The molecule has 2 nitrogen and oxygen atoms in total. The number of benzene rings is 2. The number of halogens is 3. The zero-order valence-electron chi connectivity index (χ0n) is 10.9. The molecule has 0 aromatic heterocycles. The SMILES string of the molecule is COc1cccc(Cl)c1CNCc1ccc(F)c(Cl)c1. The first kappa shape index (κ1) is 15.1. The standard InChI is InChI=1S/C15H14Cl2FNO/c1-20-15-4-2-3-12(16)11(15)9-19-8-10-5-6-14(18)13(17)7-10/h2-7,19H,8-9H2,1H3. The maximum absolute atomic E-state index is 13.1. The Morgan fingerprint density at radius 1 is 1.10 bits per heavy atom. The molecule has 0 aliphatic carbocycles. The van der Waals surface area contributed by atoms with Crippen molar-refractivity contribution in [3.8, 4) is 5.75 Å². The summed E-state index contributed by atoms with van der Waals surface area (Å²) in [5.74, 6) is 0.324. The molecular formula is C15H14Cl2FNO. The van der Waals surface area contributed by atoms with Gasteiger partial charge in [-0.3, -0.25) is 0 Å². The van der Waals surface area contributed by atoms with E-state index in [-0.39, 0.29) is 5.02 Å². The molecule has 0 bridgehead atoms. The van der Waals surface area contributed by atoms with E-state index in [2.05, 4.69) is 5.32 Å². The highest BCUT2D eigenvalue weighted by atomic mass is 35.5. The van der Waals surface area contributed by atoms with Crippen LogP contribution in [-0.4, -0.2) is 7.11 Å². The van der Waals surface area contributed by atoms with Crippen LogP contribution in [0.5, 0.6) is 5.75 Å². The first-order valence-corrected chi connectivity index (χ1v) is 6.83. The van der Waals surface area contributed by atoms with Gasteiger partial charge in [-0.05, 0) is 29.8 Å². The van der Waals surface area contributed by atoms with Gasteiger partial charge in [-0.1, -0.05) is 35.3 Å². The number of rotatable bonds is 5. The van der Waals surface area contributed by atoms with Crippen molar-refractivity contribution in [3.63, 3.8) is 0 Å². The third kappa shape index (κ3) is 3.63. The molecule has 1 N–H and O–H groups in total. The molecule has 2 aromatic carbocycles. The van der Waals surface area contributed by atoms with E-state index in [1.165, 1.54) is 6.07 Å². The summed E-state index contributed by atoms with van der Waals surface area (Å²) in [7, 11) is 1.61. The fraction of sp³-hybridized carbons (Fsp3) is 0.200. The van der Waals surface area contributed by atoms with Crippen molar-refractivity contribution in [2.75, 3.05) is 7.11 Å². The van der Waals surface area contributed by atoms with Gasteiger partial charge in [0.15, 0.2) is 0 Å². The lowest BCUT2D eigenvalue weighted by atomic mass is 10.2. The van der Waals surface area contributed by atoms with E-state index in [1.807, 2.05) is 18.2 Å². The molecule has 0 aliphatic rings. The van der Waals surface area contributed by atoms with E-state index in [1.54, 1.807) is 19.2 Å². The normalized spacial score (nSPS) is 10.6.